The van der Waals surface area contributed by atoms with Crippen LogP contribution in [0.5, 0.6) is 0 Å². The molecule has 0 aromatic heterocycles. The van der Waals surface area contributed by atoms with Crippen LogP contribution in [-0.4, -0.2) is 12.6 Å². The minimum atomic E-state index is 0.808. The van der Waals surface area contributed by atoms with Crippen LogP contribution in [0.4, 0.5) is 0 Å². The third-order valence-electron chi connectivity index (χ3n) is 3.54. The molecule has 0 amide bonds. The lowest BCUT2D eigenvalue weighted by Gasteiger charge is -2.30. The van der Waals surface area contributed by atoms with E-state index in [9.17, 15) is 0 Å². The Bertz CT molecular complexity index is 133. The highest BCUT2D eigenvalue weighted by Crippen LogP contribution is 2.23. The standard InChI is InChI=1S/C12H25N/c1-4-10(2)9-13-12-8-6-5-7-11(12)3/h10-13H,4-9H2,1-3H3/t10-,11+,12+/m0/s1. The van der Waals surface area contributed by atoms with Crippen molar-refractivity contribution in [1.29, 1.82) is 0 Å². The molecule has 1 N–H and O–H groups in total. The summed E-state index contributed by atoms with van der Waals surface area (Å²) in [7, 11) is 0. The first-order valence-corrected chi connectivity index (χ1v) is 5.97. The first-order valence-electron chi connectivity index (χ1n) is 5.97. The van der Waals surface area contributed by atoms with Crippen molar-refractivity contribution in [3.8, 4) is 0 Å². The molecule has 1 nitrogen and oxygen atoms in total. The third kappa shape index (κ3) is 3.68. The smallest absolute Gasteiger partial charge is 0.00928 e. The van der Waals surface area contributed by atoms with Crippen LogP contribution in [0.25, 0.3) is 0 Å². The maximum absolute atomic E-state index is 3.72. The molecule has 1 heteroatoms. The van der Waals surface area contributed by atoms with Crippen LogP contribution in [0, 0.1) is 11.8 Å². The van der Waals surface area contributed by atoms with Gasteiger partial charge in [0.05, 0.1) is 0 Å². The van der Waals surface area contributed by atoms with Crippen LogP contribution in [0.15, 0.2) is 0 Å². The summed E-state index contributed by atoms with van der Waals surface area (Å²) in [6, 6.07) is 0.808. The first kappa shape index (κ1) is 11.0. The van der Waals surface area contributed by atoms with Crippen LogP contribution in [0.1, 0.15) is 52.9 Å². The Kier molecular flexibility index (Phi) is 4.79. The van der Waals surface area contributed by atoms with E-state index in [-0.39, 0.29) is 0 Å². The lowest BCUT2D eigenvalue weighted by atomic mass is 9.85. The second-order valence-electron chi connectivity index (χ2n) is 4.79. The van der Waals surface area contributed by atoms with Crippen LogP contribution in [0.2, 0.25) is 0 Å². The second kappa shape index (κ2) is 5.64. The Labute approximate surface area is 83.3 Å². The number of rotatable bonds is 4. The second-order valence-corrected chi connectivity index (χ2v) is 4.79. The molecule has 1 saturated carbocycles. The van der Waals surface area contributed by atoms with E-state index in [1.165, 1.54) is 38.6 Å². The van der Waals surface area contributed by atoms with Gasteiger partial charge in [-0.3, -0.25) is 0 Å². The van der Waals surface area contributed by atoms with E-state index in [4.69, 9.17) is 0 Å². The number of nitrogens with one attached hydrogen (secondary N) is 1. The highest BCUT2D eigenvalue weighted by atomic mass is 14.9. The average molecular weight is 183 g/mol. The molecule has 13 heavy (non-hydrogen) atoms. The highest BCUT2D eigenvalue weighted by molar-refractivity contribution is 4.78. The molecular weight excluding hydrogens is 158 g/mol. The molecule has 0 bridgehead atoms. The van der Waals surface area contributed by atoms with Gasteiger partial charge in [0.2, 0.25) is 0 Å². The molecule has 1 aliphatic rings. The summed E-state index contributed by atoms with van der Waals surface area (Å²) < 4.78 is 0. The van der Waals surface area contributed by atoms with Crippen molar-refractivity contribution in [1.82, 2.24) is 5.32 Å². The van der Waals surface area contributed by atoms with Gasteiger partial charge in [-0.25, -0.2) is 0 Å². The van der Waals surface area contributed by atoms with E-state index in [2.05, 4.69) is 26.1 Å². The zero-order chi connectivity index (χ0) is 9.68. The van der Waals surface area contributed by atoms with E-state index < -0.39 is 0 Å². The van der Waals surface area contributed by atoms with Gasteiger partial charge in [0.15, 0.2) is 0 Å². The zero-order valence-electron chi connectivity index (χ0n) is 9.47. The summed E-state index contributed by atoms with van der Waals surface area (Å²) in [4.78, 5) is 0. The lowest BCUT2D eigenvalue weighted by Crippen LogP contribution is -2.39. The van der Waals surface area contributed by atoms with E-state index in [0.717, 1.165) is 17.9 Å². The Balaban J connectivity index is 2.18. The van der Waals surface area contributed by atoms with Crippen LogP contribution >= 0.6 is 0 Å². The van der Waals surface area contributed by atoms with Gasteiger partial charge in [0.25, 0.3) is 0 Å². The molecule has 78 valence electrons. The summed E-state index contributed by atoms with van der Waals surface area (Å²) in [5, 5.41) is 3.72. The van der Waals surface area contributed by atoms with Crippen LogP contribution in [-0.2, 0) is 0 Å². The molecule has 3 atom stereocenters. The molecule has 1 aliphatic carbocycles. The van der Waals surface area contributed by atoms with E-state index in [1.54, 1.807) is 0 Å². The Morgan fingerprint density at radius 3 is 2.62 bits per heavy atom. The maximum Gasteiger partial charge on any atom is 0.00928 e. The fourth-order valence-corrected chi connectivity index (χ4v) is 2.12. The minimum Gasteiger partial charge on any atom is -0.313 e. The van der Waals surface area contributed by atoms with Crippen molar-refractivity contribution < 1.29 is 0 Å². The minimum absolute atomic E-state index is 0.808. The van der Waals surface area contributed by atoms with Gasteiger partial charge < -0.3 is 5.32 Å². The molecule has 0 radical (unpaired) electrons. The quantitative estimate of drug-likeness (QED) is 0.706. The summed E-state index contributed by atoms with van der Waals surface area (Å²) in [5.74, 6) is 1.74. The molecule has 0 aromatic carbocycles. The first-order chi connectivity index (χ1) is 6.24. The monoisotopic (exact) mass is 183 g/mol. The molecule has 1 rings (SSSR count). The SMILES string of the molecule is CC[C@H](C)CN[C@@H]1CCCC[C@H]1C. The van der Waals surface area contributed by atoms with Gasteiger partial charge >= 0.3 is 0 Å². The lowest BCUT2D eigenvalue weighted by molar-refractivity contribution is 0.269. The summed E-state index contributed by atoms with van der Waals surface area (Å²) in [6.07, 6.45) is 7.01. The molecule has 0 saturated heterocycles. The Hall–Kier alpha value is -0.0400. The fraction of sp³-hybridized carbons (Fsp3) is 1.00. The van der Waals surface area contributed by atoms with E-state index >= 15 is 0 Å². The Morgan fingerprint density at radius 2 is 2.00 bits per heavy atom. The number of hydrogen-bond donors (Lipinski definition) is 1. The summed E-state index contributed by atoms with van der Waals surface area (Å²) in [6.45, 7) is 8.22. The van der Waals surface area contributed by atoms with Crippen LogP contribution < -0.4 is 5.32 Å². The van der Waals surface area contributed by atoms with Crippen molar-refractivity contribution in [2.45, 2.75) is 58.9 Å². The average Bonchev–Trinajstić information content (AvgIpc) is 2.16. The van der Waals surface area contributed by atoms with Gasteiger partial charge in [0, 0.05) is 6.04 Å². The van der Waals surface area contributed by atoms with Crippen LogP contribution in [0.3, 0.4) is 0 Å². The molecule has 0 unspecified atom stereocenters. The Morgan fingerprint density at radius 1 is 1.31 bits per heavy atom. The topological polar surface area (TPSA) is 12.0 Å². The van der Waals surface area contributed by atoms with Crippen molar-refractivity contribution in [3.63, 3.8) is 0 Å². The highest BCUT2D eigenvalue weighted by Gasteiger charge is 2.20. The summed E-state index contributed by atoms with van der Waals surface area (Å²) >= 11 is 0. The molecule has 0 aliphatic heterocycles. The van der Waals surface area contributed by atoms with Gasteiger partial charge in [-0.1, -0.05) is 40.0 Å². The van der Waals surface area contributed by atoms with E-state index in [0.29, 0.717) is 0 Å². The molecule has 0 heterocycles. The number of hydrogen-bond acceptors (Lipinski definition) is 1. The van der Waals surface area contributed by atoms with Crippen molar-refractivity contribution in [2.75, 3.05) is 6.54 Å². The molecule has 0 aromatic rings. The third-order valence-corrected chi connectivity index (χ3v) is 3.54. The largest absolute Gasteiger partial charge is 0.313 e. The zero-order valence-corrected chi connectivity index (χ0v) is 9.47. The maximum atomic E-state index is 3.72. The van der Waals surface area contributed by atoms with Gasteiger partial charge in [-0.2, -0.15) is 0 Å². The van der Waals surface area contributed by atoms with Gasteiger partial charge in [0.1, 0.15) is 0 Å². The normalized spacial score (nSPS) is 31.6. The van der Waals surface area contributed by atoms with Crippen molar-refractivity contribution in [2.24, 2.45) is 11.8 Å². The van der Waals surface area contributed by atoms with Crippen molar-refractivity contribution >= 4 is 0 Å². The van der Waals surface area contributed by atoms with Gasteiger partial charge in [-0.15, -0.1) is 0 Å². The predicted molar refractivity (Wildman–Crippen MR) is 58.9 cm³/mol. The van der Waals surface area contributed by atoms with E-state index in [1.807, 2.05) is 0 Å². The predicted octanol–water partition coefficient (Wildman–Crippen LogP) is 3.20. The van der Waals surface area contributed by atoms with Crippen molar-refractivity contribution in [3.05, 3.63) is 0 Å². The summed E-state index contributed by atoms with van der Waals surface area (Å²) in [5.41, 5.74) is 0. The van der Waals surface area contributed by atoms with Gasteiger partial charge in [-0.05, 0) is 31.2 Å². The molecular formula is C12H25N. The molecule has 1 fully saturated rings. The molecule has 0 spiro atoms. The fourth-order valence-electron chi connectivity index (χ4n) is 2.12.